The lowest BCUT2D eigenvalue weighted by atomic mass is 10.1. The first kappa shape index (κ1) is 17.2. The molecule has 0 saturated carbocycles. The second-order valence-electron chi connectivity index (χ2n) is 5.22. The van der Waals surface area contributed by atoms with E-state index in [1.165, 1.54) is 38.5 Å². The van der Waals surface area contributed by atoms with Gasteiger partial charge in [0.25, 0.3) is 5.69 Å². The van der Waals surface area contributed by atoms with Gasteiger partial charge in [-0.2, -0.15) is 0 Å². The SMILES string of the molecule is COc1ccccc1C=C1N=C(c2cc([N+](=O)[O-])ccc2OC)OC1=O. The van der Waals surface area contributed by atoms with Crippen molar-refractivity contribution in [3.63, 3.8) is 0 Å². The number of non-ortho nitro benzene ring substituents is 1. The van der Waals surface area contributed by atoms with Crippen molar-refractivity contribution >= 4 is 23.6 Å². The van der Waals surface area contributed by atoms with Crippen LogP contribution in [0.3, 0.4) is 0 Å². The Labute approximate surface area is 148 Å². The molecule has 0 bridgehead atoms. The summed E-state index contributed by atoms with van der Waals surface area (Å²) >= 11 is 0. The maximum Gasteiger partial charge on any atom is 0.363 e. The predicted octanol–water partition coefficient (Wildman–Crippen LogP) is 2.96. The second-order valence-corrected chi connectivity index (χ2v) is 5.22. The Kier molecular flexibility index (Phi) is 4.66. The first-order valence-electron chi connectivity index (χ1n) is 7.52. The van der Waals surface area contributed by atoms with E-state index in [0.717, 1.165) is 0 Å². The summed E-state index contributed by atoms with van der Waals surface area (Å²) in [5.41, 5.74) is 0.760. The summed E-state index contributed by atoms with van der Waals surface area (Å²) in [6, 6.07) is 11.1. The molecule has 0 aromatic heterocycles. The average Bonchev–Trinajstić information content (AvgIpc) is 3.02. The molecule has 0 saturated heterocycles. The number of carbonyl (C=O) groups excluding carboxylic acids is 1. The van der Waals surface area contributed by atoms with E-state index in [9.17, 15) is 14.9 Å². The maximum absolute atomic E-state index is 12.2. The number of hydrogen-bond donors (Lipinski definition) is 0. The third-order valence-corrected chi connectivity index (χ3v) is 3.68. The number of nitro groups is 1. The van der Waals surface area contributed by atoms with Gasteiger partial charge in [0.2, 0.25) is 5.90 Å². The highest BCUT2D eigenvalue weighted by molar-refractivity contribution is 6.14. The number of methoxy groups -OCH3 is 2. The lowest BCUT2D eigenvalue weighted by Crippen LogP contribution is -2.07. The molecular weight excluding hydrogens is 340 g/mol. The first-order valence-corrected chi connectivity index (χ1v) is 7.52. The number of aliphatic imine (C=N–C) groups is 1. The van der Waals surface area contributed by atoms with Gasteiger partial charge in [0.1, 0.15) is 11.5 Å². The molecule has 1 aliphatic rings. The molecular formula is C18H14N2O6. The van der Waals surface area contributed by atoms with Crippen LogP contribution in [-0.2, 0) is 9.53 Å². The van der Waals surface area contributed by atoms with Crippen LogP contribution in [0.15, 0.2) is 53.2 Å². The summed E-state index contributed by atoms with van der Waals surface area (Å²) in [7, 11) is 2.93. The fourth-order valence-electron chi connectivity index (χ4n) is 2.43. The predicted molar refractivity (Wildman–Crippen MR) is 93.2 cm³/mol. The van der Waals surface area contributed by atoms with Crippen molar-refractivity contribution in [1.82, 2.24) is 0 Å². The summed E-state index contributed by atoms with van der Waals surface area (Å²) in [4.78, 5) is 26.8. The molecule has 8 nitrogen and oxygen atoms in total. The fraction of sp³-hybridized carbons (Fsp3) is 0.111. The van der Waals surface area contributed by atoms with Crippen LogP contribution in [-0.4, -0.2) is 31.0 Å². The Morgan fingerprint density at radius 1 is 1.12 bits per heavy atom. The molecule has 0 fully saturated rings. The number of esters is 1. The van der Waals surface area contributed by atoms with E-state index in [4.69, 9.17) is 14.2 Å². The molecule has 1 heterocycles. The van der Waals surface area contributed by atoms with Crippen LogP contribution in [0.2, 0.25) is 0 Å². The third kappa shape index (κ3) is 3.25. The number of hydrogen-bond acceptors (Lipinski definition) is 7. The number of ether oxygens (including phenoxy) is 3. The summed E-state index contributed by atoms with van der Waals surface area (Å²) in [5.74, 6) is 0.154. The van der Waals surface area contributed by atoms with E-state index in [-0.39, 0.29) is 22.8 Å². The molecule has 0 unspecified atom stereocenters. The molecule has 1 aliphatic heterocycles. The van der Waals surface area contributed by atoms with Gasteiger partial charge in [0.05, 0.1) is 24.7 Å². The van der Waals surface area contributed by atoms with Gasteiger partial charge < -0.3 is 14.2 Å². The van der Waals surface area contributed by atoms with Crippen molar-refractivity contribution < 1.29 is 23.9 Å². The van der Waals surface area contributed by atoms with Crippen molar-refractivity contribution in [1.29, 1.82) is 0 Å². The lowest BCUT2D eigenvalue weighted by Gasteiger charge is -2.06. The van der Waals surface area contributed by atoms with Gasteiger partial charge in [-0.3, -0.25) is 10.1 Å². The Morgan fingerprint density at radius 2 is 1.85 bits per heavy atom. The number of cyclic esters (lactones) is 1. The molecule has 0 N–H and O–H groups in total. The summed E-state index contributed by atoms with van der Waals surface area (Å²) in [6.45, 7) is 0. The zero-order valence-electron chi connectivity index (χ0n) is 14.0. The minimum absolute atomic E-state index is 0.0538. The Morgan fingerprint density at radius 3 is 2.54 bits per heavy atom. The number of para-hydroxylation sites is 1. The zero-order valence-corrected chi connectivity index (χ0v) is 14.0. The molecule has 0 amide bonds. The molecule has 132 valence electrons. The smallest absolute Gasteiger partial charge is 0.363 e. The van der Waals surface area contributed by atoms with Gasteiger partial charge in [0.15, 0.2) is 5.70 Å². The van der Waals surface area contributed by atoms with Gasteiger partial charge in [-0.05, 0) is 18.2 Å². The Hall–Kier alpha value is -3.68. The highest BCUT2D eigenvalue weighted by Gasteiger charge is 2.28. The first-order chi connectivity index (χ1) is 12.5. The van der Waals surface area contributed by atoms with Crippen LogP contribution < -0.4 is 9.47 Å². The summed E-state index contributed by atoms with van der Waals surface area (Å²) < 4.78 is 15.6. The zero-order chi connectivity index (χ0) is 18.7. The average molecular weight is 354 g/mol. The van der Waals surface area contributed by atoms with E-state index in [1.54, 1.807) is 24.3 Å². The van der Waals surface area contributed by atoms with Crippen molar-refractivity contribution in [2.75, 3.05) is 14.2 Å². The lowest BCUT2D eigenvalue weighted by molar-refractivity contribution is -0.384. The molecule has 26 heavy (non-hydrogen) atoms. The summed E-state index contributed by atoms with van der Waals surface area (Å²) in [6.07, 6.45) is 1.53. The van der Waals surface area contributed by atoms with Crippen LogP contribution >= 0.6 is 0 Å². The Balaban J connectivity index is 2.04. The van der Waals surface area contributed by atoms with E-state index >= 15 is 0 Å². The molecule has 3 rings (SSSR count). The molecule has 0 aliphatic carbocycles. The van der Waals surface area contributed by atoms with Crippen LogP contribution in [0.5, 0.6) is 11.5 Å². The van der Waals surface area contributed by atoms with E-state index in [2.05, 4.69) is 4.99 Å². The van der Waals surface area contributed by atoms with Crippen molar-refractivity contribution in [2.24, 2.45) is 4.99 Å². The van der Waals surface area contributed by atoms with E-state index < -0.39 is 10.9 Å². The topological polar surface area (TPSA) is 100 Å². The molecule has 0 radical (unpaired) electrons. The van der Waals surface area contributed by atoms with Gasteiger partial charge in [-0.1, -0.05) is 18.2 Å². The monoisotopic (exact) mass is 354 g/mol. The Bertz CT molecular complexity index is 948. The molecule has 8 heteroatoms. The van der Waals surface area contributed by atoms with Gasteiger partial charge >= 0.3 is 5.97 Å². The van der Waals surface area contributed by atoms with Gasteiger partial charge in [0, 0.05) is 17.7 Å². The van der Waals surface area contributed by atoms with Crippen LogP contribution in [0.1, 0.15) is 11.1 Å². The van der Waals surface area contributed by atoms with Crippen LogP contribution in [0, 0.1) is 10.1 Å². The number of nitrogens with zero attached hydrogens (tertiary/aromatic N) is 2. The molecule has 2 aromatic carbocycles. The highest BCUT2D eigenvalue weighted by atomic mass is 16.6. The summed E-state index contributed by atoms with van der Waals surface area (Å²) in [5, 5.41) is 11.0. The number of benzene rings is 2. The standard InChI is InChI=1S/C18H14N2O6/c1-24-15-6-4-3-5-11(15)9-14-18(21)26-17(19-14)13-10-12(20(22)23)7-8-16(13)25-2/h3-10H,1-2H3. The number of rotatable bonds is 5. The second kappa shape index (κ2) is 7.06. The van der Waals surface area contributed by atoms with Gasteiger partial charge in [-0.15, -0.1) is 0 Å². The number of carbonyl (C=O) groups is 1. The van der Waals surface area contributed by atoms with E-state index in [1.807, 2.05) is 0 Å². The molecule has 0 spiro atoms. The fourth-order valence-corrected chi connectivity index (χ4v) is 2.43. The van der Waals surface area contributed by atoms with Crippen molar-refractivity contribution in [3.05, 3.63) is 69.4 Å². The third-order valence-electron chi connectivity index (χ3n) is 3.68. The largest absolute Gasteiger partial charge is 0.496 e. The van der Waals surface area contributed by atoms with Crippen LogP contribution in [0.25, 0.3) is 6.08 Å². The highest BCUT2D eigenvalue weighted by Crippen LogP contribution is 2.29. The number of nitro benzene ring substituents is 1. The van der Waals surface area contributed by atoms with Gasteiger partial charge in [-0.25, -0.2) is 9.79 Å². The minimum atomic E-state index is -0.667. The van der Waals surface area contributed by atoms with Crippen molar-refractivity contribution in [3.8, 4) is 11.5 Å². The van der Waals surface area contributed by atoms with E-state index in [0.29, 0.717) is 17.1 Å². The van der Waals surface area contributed by atoms with Crippen LogP contribution in [0.4, 0.5) is 5.69 Å². The normalized spacial score (nSPS) is 14.8. The maximum atomic E-state index is 12.2. The van der Waals surface area contributed by atoms with Crippen molar-refractivity contribution in [2.45, 2.75) is 0 Å². The molecule has 2 aromatic rings. The minimum Gasteiger partial charge on any atom is -0.496 e. The molecule has 0 atom stereocenters. The quantitative estimate of drug-likeness (QED) is 0.354.